The summed E-state index contributed by atoms with van der Waals surface area (Å²) >= 11 is 0. The summed E-state index contributed by atoms with van der Waals surface area (Å²) in [5, 5.41) is 18.5. The van der Waals surface area contributed by atoms with Gasteiger partial charge < -0.3 is 20.3 Å². The second kappa shape index (κ2) is 6.12. The van der Waals surface area contributed by atoms with Crippen molar-refractivity contribution >= 4 is 0 Å². The number of nitrogens with zero attached hydrogens (tertiary/aromatic N) is 1. The van der Waals surface area contributed by atoms with Gasteiger partial charge >= 0.3 is 0 Å². The van der Waals surface area contributed by atoms with E-state index in [9.17, 15) is 5.11 Å². The highest BCUT2D eigenvalue weighted by atomic mass is 16.5. The van der Waals surface area contributed by atoms with Crippen LogP contribution in [-0.4, -0.2) is 25.4 Å². The highest BCUT2D eigenvalue weighted by Crippen LogP contribution is 2.39. The summed E-state index contributed by atoms with van der Waals surface area (Å²) in [5.41, 5.74) is 7.32. The Labute approximate surface area is 107 Å². The Balaban J connectivity index is 3.16. The minimum Gasteiger partial charge on any atom is -0.504 e. The van der Waals surface area contributed by atoms with E-state index in [-0.39, 0.29) is 18.2 Å². The summed E-state index contributed by atoms with van der Waals surface area (Å²) in [5.74, 6) is 1.08. The number of hydrogen-bond acceptors (Lipinski definition) is 5. The number of methoxy groups -OCH3 is 2. The number of phenols is 1. The maximum absolute atomic E-state index is 9.85. The Kier molecular flexibility index (Phi) is 4.81. The van der Waals surface area contributed by atoms with E-state index in [1.165, 1.54) is 7.11 Å². The van der Waals surface area contributed by atoms with Gasteiger partial charge in [-0.05, 0) is 25.0 Å². The van der Waals surface area contributed by atoms with Gasteiger partial charge in [0.2, 0.25) is 0 Å². The van der Waals surface area contributed by atoms with Gasteiger partial charge in [-0.2, -0.15) is 5.26 Å². The van der Waals surface area contributed by atoms with Crippen molar-refractivity contribution in [1.29, 1.82) is 5.26 Å². The molecule has 98 valence electrons. The Hall–Kier alpha value is -1.93. The highest BCUT2D eigenvalue weighted by molar-refractivity contribution is 5.57. The number of aromatic hydroxyl groups is 1. The fourth-order valence-electron chi connectivity index (χ4n) is 2.00. The predicted octanol–water partition coefficient (Wildman–Crippen LogP) is 1.50. The quantitative estimate of drug-likeness (QED) is 0.826. The minimum absolute atomic E-state index is 0.0509. The first-order valence-electron chi connectivity index (χ1n) is 5.61. The van der Waals surface area contributed by atoms with Gasteiger partial charge in [-0.3, -0.25) is 0 Å². The maximum atomic E-state index is 9.85. The van der Waals surface area contributed by atoms with Gasteiger partial charge in [-0.15, -0.1) is 0 Å². The molecule has 0 aliphatic carbocycles. The molecule has 1 atom stereocenters. The molecule has 0 saturated carbocycles. The van der Waals surface area contributed by atoms with Gasteiger partial charge in [0, 0.05) is 11.6 Å². The number of phenolic OH excluding ortho intramolecular Hbond substituents is 1. The summed E-state index contributed by atoms with van der Waals surface area (Å²) in [7, 11) is 3.04. The van der Waals surface area contributed by atoms with Crippen molar-refractivity contribution in [3.05, 3.63) is 17.2 Å². The first kappa shape index (κ1) is 14.1. The van der Waals surface area contributed by atoms with Crippen LogP contribution in [0.2, 0.25) is 0 Å². The van der Waals surface area contributed by atoms with Crippen LogP contribution >= 0.6 is 0 Å². The van der Waals surface area contributed by atoms with Crippen LogP contribution in [0.15, 0.2) is 6.07 Å². The molecular weight excluding hydrogens is 232 g/mol. The number of nitrogens with two attached hydrogens (primary N) is 1. The van der Waals surface area contributed by atoms with E-state index in [1.54, 1.807) is 20.1 Å². The van der Waals surface area contributed by atoms with Gasteiger partial charge in [0.1, 0.15) is 5.75 Å². The van der Waals surface area contributed by atoms with Crippen molar-refractivity contribution in [2.75, 3.05) is 14.2 Å². The summed E-state index contributed by atoms with van der Waals surface area (Å²) in [6, 6.07) is 3.31. The molecule has 5 heteroatoms. The molecule has 0 saturated heterocycles. The molecule has 0 aromatic heterocycles. The van der Waals surface area contributed by atoms with Gasteiger partial charge in [0.15, 0.2) is 11.5 Å². The smallest absolute Gasteiger partial charge is 0.167 e. The number of ether oxygens (including phenoxy) is 2. The lowest BCUT2D eigenvalue weighted by molar-refractivity contribution is 0.357. The average Bonchev–Trinajstić information content (AvgIpc) is 2.29. The van der Waals surface area contributed by atoms with Crippen LogP contribution in [0.5, 0.6) is 17.2 Å². The number of hydrogen-bond donors (Lipinski definition) is 2. The molecule has 1 aromatic rings. The zero-order chi connectivity index (χ0) is 13.7. The standard InChI is InChI=1S/C13H18N2O3/c1-8-12(17-2)9(6-10(15)4-5-14)7-11(16)13(8)18-3/h7,10,16H,4,6,15H2,1-3H3. The Morgan fingerprint density at radius 2 is 2.00 bits per heavy atom. The minimum atomic E-state index is -0.281. The molecule has 0 aliphatic heterocycles. The van der Waals surface area contributed by atoms with Crippen LogP contribution in [0.4, 0.5) is 0 Å². The molecule has 0 radical (unpaired) electrons. The molecule has 0 heterocycles. The van der Waals surface area contributed by atoms with Gasteiger partial charge in [-0.25, -0.2) is 0 Å². The van der Waals surface area contributed by atoms with Crippen LogP contribution in [0, 0.1) is 18.3 Å². The van der Waals surface area contributed by atoms with Gasteiger partial charge in [-0.1, -0.05) is 0 Å². The summed E-state index contributed by atoms with van der Waals surface area (Å²) in [4.78, 5) is 0. The Bertz CT molecular complexity index is 466. The van der Waals surface area contributed by atoms with Crippen LogP contribution in [-0.2, 0) is 6.42 Å². The third kappa shape index (κ3) is 2.84. The van der Waals surface area contributed by atoms with E-state index in [1.807, 2.05) is 6.07 Å². The monoisotopic (exact) mass is 250 g/mol. The average molecular weight is 250 g/mol. The first-order valence-corrected chi connectivity index (χ1v) is 5.61. The van der Waals surface area contributed by atoms with Crippen LogP contribution in [0.3, 0.4) is 0 Å². The molecule has 0 spiro atoms. The molecule has 0 bridgehead atoms. The fraction of sp³-hybridized carbons (Fsp3) is 0.462. The molecular formula is C13H18N2O3. The van der Waals surface area contributed by atoms with E-state index in [4.69, 9.17) is 20.5 Å². The van der Waals surface area contributed by atoms with Crippen LogP contribution in [0.25, 0.3) is 0 Å². The van der Waals surface area contributed by atoms with Crippen molar-refractivity contribution in [2.24, 2.45) is 5.73 Å². The van der Waals surface area contributed by atoms with Crippen molar-refractivity contribution in [2.45, 2.75) is 25.8 Å². The second-order valence-electron chi connectivity index (χ2n) is 4.07. The lowest BCUT2D eigenvalue weighted by Gasteiger charge is -2.17. The van der Waals surface area contributed by atoms with Crippen molar-refractivity contribution in [3.8, 4) is 23.3 Å². The molecule has 1 unspecified atom stereocenters. The molecule has 5 nitrogen and oxygen atoms in total. The number of benzene rings is 1. The number of rotatable bonds is 5. The van der Waals surface area contributed by atoms with E-state index < -0.39 is 0 Å². The van der Waals surface area contributed by atoms with Crippen molar-refractivity contribution in [1.82, 2.24) is 0 Å². The van der Waals surface area contributed by atoms with Gasteiger partial charge in [0.05, 0.1) is 26.7 Å². The van der Waals surface area contributed by atoms with Crippen LogP contribution < -0.4 is 15.2 Å². The van der Waals surface area contributed by atoms with E-state index in [2.05, 4.69) is 0 Å². The van der Waals surface area contributed by atoms with Crippen LogP contribution in [0.1, 0.15) is 17.5 Å². The van der Waals surface area contributed by atoms with Gasteiger partial charge in [0.25, 0.3) is 0 Å². The summed E-state index contributed by atoms with van der Waals surface area (Å²) in [6.07, 6.45) is 0.726. The summed E-state index contributed by atoms with van der Waals surface area (Å²) in [6.45, 7) is 1.80. The molecule has 3 N–H and O–H groups in total. The van der Waals surface area contributed by atoms with E-state index in [0.717, 1.165) is 11.1 Å². The third-order valence-corrected chi connectivity index (χ3v) is 2.76. The largest absolute Gasteiger partial charge is 0.504 e. The topological polar surface area (TPSA) is 88.5 Å². The predicted molar refractivity (Wildman–Crippen MR) is 67.9 cm³/mol. The zero-order valence-corrected chi connectivity index (χ0v) is 10.9. The lowest BCUT2D eigenvalue weighted by Crippen LogP contribution is -2.22. The molecule has 0 fully saturated rings. The van der Waals surface area contributed by atoms with Crippen molar-refractivity contribution in [3.63, 3.8) is 0 Å². The molecule has 0 aliphatic rings. The zero-order valence-electron chi connectivity index (χ0n) is 10.9. The highest BCUT2D eigenvalue weighted by Gasteiger charge is 2.17. The Morgan fingerprint density at radius 3 is 2.50 bits per heavy atom. The molecule has 1 rings (SSSR count). The fourth-order valence-corrected chi connectivity index (χ4v) is 2.00. The Morgan fingerprint density at radius 1 is 1.39 bits per heavy atom. The number of nitriles is 1. The van der Waals surface area contributed by atoms with Crippen molar-refractivity contribution < 1.29 is 14.6 Å². The molecule has 0 amide bonds. The van der Waals surface area contributed by atoms with E-state index in [0.29, 0.717) is 17.9 Å². The SMILES string of the molecule is COc1c(O)cc(CC(N)CC#N)c(OC)c1C. The second-order valence-corrected chi connectivity index (χ2v) is 4.07. The lowest BCUT2D eigenvalue weighted by atomic mass is 10.00. The molecule has 18 heavy (non-hydrogen) atoms. The summed E-state index contributed by atoms with van der Waals surface area (Å²) < 4.78 is 10.4. The maximum Gasteiger partial charge on any atom is 0.167 e. The van der Waals surface area contributed by atoms with E-state index >= 15 is 0 Å². The first-order chi connectivity index (χ1) is 8.54. The third-order valence-electron chi connectivity index (χ3n) is 2.76. The normalized spacial score (nSPS) is 11.7. The molecule has 1 aromatic carbocycles.